The van der Waals surface area contributed by atoms with Gasteiger partial charge in [0.15, 0.2) is 0 Å². The molecule has 18 heavy (non-hydrogen) atoms. The Hall–Kier alpha value is -0.810. The van der Waals surface area contributed by atoms with Gasteiger partial charge in [0.2, 0.25) is 0 Å². The summed E-state index contributed by atoms with van der Waals surface area (Å²) in [4.78, 5) is 13.8. The maximum absolute atomic E-state index is 12.0. The molecule has 2 N–H and O–H groups in total. The van der Waals surface area contributed by atoms with E-state index in [4.69, 9.17) is 4.74 Å². The number of cyclic esters (lactones) is 1. The molecule has 0 radical (unpaired) electrons. The van der Waals surface area contributed by atoms with Gasteiger partial charge < -0.3 is 20.1 Å². The van der Waals surface area contributed by atoms with E-state index in [1.807, 2.05) is 4.90 Å². The lowest BCUT2D eigenvalue weighted by Gasteiger charge is -2.39. The molecule has 0 spiro atoms. The summed E-state index contributed by atoms with van der Waals surface area (Å²) in [5.41, 5.74) is -0.778. The van der Waals surface area contributed by atoms with Gasteiger partial charge in [-0.25, -0.2) is 4.79 Å². The van der Waals surface area contributed by atoms with Gasteiger partial charge in [-0.15, -0.1) is 0 Å². The summed E-state index contributed by atoms with van der Waals surface area (Å²) in [7, 11) is 0. The van der Waals surface area contributed by atoms with Crippen LogP contribution in [0.2, 0.25) is 0 Å². The maximum Gasteiger partial charge on any atom is 0.410 e. The number of hydrogen-bond acceptors (Lipinski definition) is 4. The lowest BCUT2D eigenvalue weighted by molar-refractivity contribution is -0.0334. The third-order valence-corrected chi connectivity index (χ3v) is 3.63. The Bertz CT molecular complexity index is 295. The first kappa shape index (κ1) is 13.6. The summed E-state index contributed by atoms with van der Waals surface area (Å²) in [6.45, 7) is 6.15. The second-order valence-corrected chi connectivity index (χ2v) is 6.00. The van der Waals surface area contributed by atoms with E-state index in [1.54, 1.807) is 13.8 Å². The lowest BCUT2D eigenvalue weighted by atomic mass is 9.97. The summed E-state index contributed by atoms with van der Waals surface area (Å²) in [6, 6.07) is 0.273. The Kier molecular flexibility index (Phi) is 4.12. The van der Waals surface area contributed by atoms with Gasteiger partial charge in [0, 0.05) is 32.0 Å². The topological polar surface area (TPSA) is 61.8 Å². The fraction of sp³-hybridized carbons (Fsp3) is 0.923. The third-order valence-electron chi connectivity index (χ3n) is 3.63. The van der Waals surface area contributed by atoms with Crippen LogP contribution in [0.25, 0.3) is 0 Å². The average Bonchev–Trinajstić information content (AvgIpc) is 2.28. The second kappa shape index (κ2) is 5.45. The van der Waals surface area contributed by atoms with Crippen molar-refractivity contribution in [1.29, 1.82) is 0 Å². The summed E-state index contributed by atoms with van der Waals surface area (Å²) in [5.74, 6) is 0. The molecule has 2 atom stereocenters. The van der Waals surface area contributed by atoms with Crippen LogP contribution in [-0.2, 0) is 4.74 Å². The summed E-state index contributed by atoms with van der Waals surface area (Å²) < 4.78 is 5.43. The van der Waals surface area contributed by atoms with Crippen LogP contribution in [0.3, 0.4) is 0 Å². The van der Waals surface area contributed by atoms with Crippen molar-refractivity contribution in [1.82, 2.24) is 10.2 Å². The number of aliphatic hydroxyl groups is 1. The molecular weight excluding hydrogens is 232 g/mol. The number of carbonyl (C=O) groups is 1. The maximum atomic E-state index is 12.0. The van der Waals surface area contributed by atoms with E-state index in [1.165, 1.54) is 0 Å². The molecule has 2 aliphatic rings. The van der Waals surface area contributed by atoms with Crippen LogP contribution >= 0.6 is 0 Å². The predicted octanol–water partition coefficient (Wildman–Crippen LogP) is 1.11. The minimum Gasteiger partial charge on any atom is -0.446 e. The Balaban J connectivity index is 1.86. The zero-order valence-electron chi connectivity index (χ0n) is 11.3. The Morgan fingerprint density at radius 1 is 1.50 bits per heavy atom. The molecule has 5 nitrogen and oxygen atoms in total. The van der Waals surface area contributed by atoms with Gasteiger partial charge in [-0.1, -0.05) is 0 Å². The number of nitrogens with one attached hydrogen (secondary N) is 1. The summed E-state index contributed by atoms with van der Waals surface area (Å²) in [6.07, 6.45) is 3.12. The zero-order chi connectivity index (χ0) is 13.2. The fourth-order valence-electron chi connectivity index (χ4n) is 2.78. The van der Waals surface area contributed by atoms with Gasteiger partial charge in [0.1, 0.15) is 6.10 Å². The minimum absolute atomic E-state index is 0.148. The molecule has 0 aromatic heterocycles. The highest BCUT2D eigenvalue weighted by Crippen LogP contribution is 2.23. The van der Waals surface area contributed by atoms with Gasteiger partial charge in [-0.3, -0.25) is 0 Å². The van der Waals surface area contributed by atoms with E-state index < -0.39 is 5.60 Å². The highest BCUT2D eigenvalue weighted by molar-refractivity contribution is 5.69. The standard InChI is InChI=1S/C13H24N2O3/c1-13(2,17)8-11-5-7-15(12(16)18-11)10-4-3-6-14-9-10/h10-11,14,17H,3-9H2,1-2H3. The molecule has 5 heteroatoms. The number of nitrogens with zero attached hydrogens (tertiary/aromatic N) is 1. The van der Waals surface area contributed by atoms with Crippen molar-refractivity contribution in [3.05, 3.63) is 0 Å². The van der Waals surface area contributed by atoms with Crippen molar-refractivity contribution >= 4 is 6.09 Å². The van der Waals surface area contributed by atoms with Crippen molar-refractivity contribution in [2.75, 3.05) is 19.6 Å². The Morgan fingerprint density at radius 3 is 2.83 bits per heavy atom. The quantitative estimate of drug-likeness (QED) is 0.794. The van der Waals surface area contributed by atoms with Crippen LogP contribution in [0, 0.1) is 0 Å². The monoisotopic (exact) mass is 256 g/mol. The average molecular weight is 256 g/mol. The first-order chi connectivity index (χ1) is 8.46. The highest BCUT2D eigenvalue weighted by atomic mass is 16.6. The molecule has 1 amide bonds. The molecule has 2 rings (SSSR count). The van der Waals surface area contributed by atoms with Crippen LogP contribution in [0.15, 0.2) is 0 Å². The number of carbonyl (C=O) groups excluding carboxylic acids is 1. The van der Waals surface area contributed by atoms with E-state index in [9.17, 15) is 9.90 Å². The van der Waals surface area contributed by atoms with Crippen LogP contribution in [0.4, 0.5) is 4.79 Å². The molecule has 2 saturated heterocycles. The van der Waals surface area contributed by atoms with Gasteiger partial charge >= 0.3 is 6.09 Å². The van der Waals surface area contributed by atoms with Crippen molar-refractivity contribution in [3.63, 3.8) is 0 Å². The number of amides is 1. The van der Waals surface area contributed by atoms with E-state index >= 15 is 0 Å². The molecule has 0 bridgehead atoms. The summed E-state index contributed by atoms with van der Waals surface area (Å²) >= 11 is 0. The number of rotatable bonds is 3. The van der Waals surface area contributed by atoms with Crippen molar-refractivity contribution < 1.29 is 14.6 Å². The minimum atomic E-state index is -0.778. The van der Waals surface area contributed by atoms with E-state index in [-0.39, 0.29) is 18.2 Å². The van der Waals surface area contributed by atoms with Crippen molar-refractivity contribution in [2.24, 2.45) is 0 Å². The second-order valence-electron chi connectivity index (χ2n) is 6.00. The molecule has 2 unspecified atom stereocenters. The fourth-order valence-corrected chi connectivity index (χ4v) is 2.78. The number of piperidine rings is 1. The first-order valence-electron chi connectivity index (χ1n) is 6.86. The van der Waals surface area contributed by atoms with Crippen LogP contribution < -0.4 is 5.32 Å². The molecular formula is C13H24N2O3. The van der Waals surface area contributed by atoms with Gasteiger partial charge in [0.25, 0.3) is 0 Å². The smallest absolute Gasteiger partial charge is 0.410 e. The molecule has 2 heterocycles. The molecule has 0 aliphatic carbocycles. The predicted molar refractivity (Wildman–Crippen MR) is 68.4 cm³/mol. The number of ether oxygens (including phenoxy) is 1. The SMILES string of the molecule is CC(C)(O)CC1CCN(C2CCCNC2)C(=O)O1. The lowest BCUT2D eigenvalue weighted by Crippen LogP contribution is -2.53. The van der Waals surface area contributed by atoms with E-state index in [0.29, 0.717) is 6.42 Å². The largest absolute Gasteiger partial charge is 0.446 e. The van der Waals surface area contributed by atoms with E-state index in [0.717, 1.165) is 38.9 Å². The molecule has 0 saturated carbocycles. The van der Waals surface area contributed by atoms with Crippen LogP contribution in [0.5, 0.6) is 0 Å². The first-order valence-corrected chi connectivity index (χ1v) is 6.86. The van der Waals surface area contributed by atoms with Crippen LogP contribution in [-0.4, -0.2) is 53.5 Å². The summed E-state index contributed by atoms with van der Waals surface area (Å²) in [5, 5.41) is 13.1. The molecule has 0 aromatic carbocycles. The Morgan fingerprint density at radius 2 is 2.28 bits per heavy atom. The van der Waals surface area contributed by atoms with Crippen molar-refractivity contribution in [3.8, 4) is 0 Å². The molecule has 104 valence electrons. The van der Waals surface area contributed by atoms with Gasteiger partial charge in [0.05, 0.1) is 5.60 Å². The molecule has 0 aromatic rings. The molecule has 2 aliphatic heterocycles. The highest BCUT2D eigenvalue weighted by Gasteiger charge is 2.34. The van der Waals surface area contributed by atoms with Crippen molar-refractivity contribution in [2.45, 2.75) is 57.3 Å². The number of hydrogen-bond donors (Lipinski definition) is 2. The van der Waals surface area contributed by atoms with Gasteiger partial charge in [-0.05, 0) is 33.2 Å². The van der Waals surface area contributed by atoms with E-state index in [2.05, 4.69) is 5.32 Å². The van der Waals surface area contributed by atoms with Gasteiger partial charge in [-0.2, -0.15) is 0 Å². The van der Waals surface area contributed by atoms with Crippen LogP contribution in [0.1, 0.15) is 39.5 Å². The Labute approximate surface area is 108 Å². The molecule has 2 fully saturated rings. The third kappa shape index (κ3) is 3.59. The zero-order valence-corrected chi connectivity index (χ0v) is 11.3. The normalized spacial score (nSPS) is 30.2.